The molecule has 112 valence electrons. The molecule has 0 bridgehead atoms. The predicted molar refractivity (Wildman–Crippen MR) is 79.0 cm³/mol. The number of para-hydroxylation sites is 1. The van der Waals surface area contributed by atoms with Gasteiger partial charge in [0.15, 0.2) is 0 Å². The molecule has 0 radical (unpaired) electrons. The minimum Gasteiger partial charge on any atom is -0.434 e. The molecule has 0 aliphatic heterocycles. The molecule has 2 aromatic rings. The zero-order valence-electron chi connectivity index (χ0n) is 11.9. The third-order valence-electron chi connectivity index (χ3n) is 2.88. The van der Waals surface area contributed by atoms with Crippen LogP contribution < -0.4 is 15.0 Å². The molecule has 0 saturated carbocycles. The van der Waals surface area contributed by atoms with Crippen molar-refractivity contribution in [2.45, 2.75) is 13.2 Å². The minimum absolute atomic E-state index is 0.179. The summed E-state index contributed by atoms with van der Waals surface area (Å²) in [6, 6.07) is 10.5. The number of hydrogen-bond donors (Lipinski definition) is 1. The van der Waals surface area contributed by atoms with Crippen LogP contribution in [0.4, 0.5) is 20.3 Å². The highest BCUT2D eigenvalue weighted by Gasteiger charge is 2.08. The van der Waals surface area contributed by atoms with E-state index in [1.807, 2.05) is 31.1 Å². The Morgan fingerprint density at radius 1 is 1.19 bits per heavy atom. The molecule has 1 aromatic heterocycles. The number of nitrogens with one attached hydrogen (secondary N) is 1. The van der Waals surface area contributed by atoms with Gasteiger partial charge in [-0.1, -0.05) is 18.2 Å². The minimum atomic E-state index is -2.83. The molecular weight excluding hydrogens is 276 g/mol. The summed E-state index contributed by atoms with van der Waals surface area (Å²) in [5.41, 5.74) is 1.47. The number of anilines is 2. The highest BCUT2D eigenvalue weighted by atomic mass is 19.3. The molecule has 1 N–H and O–H groups in total. The summed E-state index contributed by atoms with van der Waals surface area (Å²) >= 11 is 0. The van der Waals surface area contributed by atoms with Gasteiger partial charge in [0.2, 0.25) is 0 Å². The van der Waals surface area contributed by atoms with E-state index in [0.29, 0.717) is 12.1 Å². The van der Waals surface area contributed by atoms with Gasteiger partial charge in [-0.05, 0) is 18.2 Å². The summed E-state index contributed by atoms with van der Waals surface area (Å²) in [6.07, 6.45) is 1.70. The zero-order chi connectivity index (χ0) is 15.2. The van der Waals surface area contributed by atoms with E-state index in [1.54, 1.807) is 24.4 Å². The summed E-state index contributed by atoms with van der Waals surface area (Å²) in [4.78, 5) is 6.17. The van der Waals surface area contributed by atoms with E-state index in [9.17, 15) is 8.78 Å². The summed E-state index contributed by atoms with van der Waals surface area (Å²) < 4.78 is 29.1. The summed E-state index contributed by atoms with van der Waals surface area (Å²) in [6.45, 7) is -2.45. The lowest BCUT2D eigenvalue weighted by atomic mass is 10.2. The number of hydrogen-bond acceptors (Lipinski definition) is 4. The Labute approximate surface area is 122 Å². The summed E-state index contributed by atoms with van der Waals surface area (Å²) in [7, 11) is 3.82. The van der Waals surface area contributed by atoms with Crippen LogP contribution in [-0.2, 0) is 6.54 Å². The van der Waals surface area contributed by atoms with Crippen LogP contribution in [0.1, 0.15) is 5.56 Å². The molecule has 0 saturated heterocycles. The largest absolute Gasteiger partial charge is 0.434 e. The van der Waals surface area contributed by atoms with Crippen molar-refractivity contribution in [1.82, 2.24) is 4.98 Å². The Bertz CT molecular complexity index is 573. The van der Waals surface area contributed by atoms with E-state index in [0.717, 1.165) is 11.5 Å². The van der Waals surface area contributed by atoms with Gasteiger partial charge in [0, 0.05) is 26.2 Å². The summed E-state index contributed by atoms with van der Waals surface area (Å²) in [5, 5.41) is 3.13. The maximum Gasteiger partial charge on any atom is 0.387 e. The van der Waals surface area contributed by atoms with Gasteiger partial charge in [-0.3, -0.25) is 0 Å². The Morgan fingerprint density at radius 3 is 2.57 bits per heavy atom. The number of rotatable bonds is 6. The van der Waals surface area contributed by atoms with Crippen molar-refractivity contribution in [2.24, 2.45) is 0 Å². The van der Waals surface area contributed by atoms with Crippen molar-refractivity contribution in [2.75, 3.05) is 24.3 Å². The van der Waals surface area contributed by atoms with Gasteiger partial charge in [0.05, 0.1) is 11.9 Å². The van der Waals surface area contributed by atoms with Crippen LogP contribution in [-0.4, -0.2) is 25.7 Å². The van der Waals surface area contributed by atoms with E-state index < -0.39 is 6.61 Å². The number of alkyl halides is 2. The standard InChI is InChI=1S/C15H17F2N3O/c1-20(2)14-8-7-12(10-19-14)18-9-11-5-3-4-6-13(11)21-15(16)17/h3-8,10,15,18H,9H2,1-2H3. The number of aromatic nitrogens is 1. The van der Waals surface area contributed by atoms with E-state index >= 15 is 0 Å². The van der Waals surface area contributed by atoms with Gasteiger partial charge in [-0.2, -0.15) is 8.78 Å². The van der Waals surface area contributed by atoms with Crippen LogP contribution in [0.2, 0.25) is 0 Å². The van der Waals surface area contributed by atoms with Crippen LogP contribution in [0.5, 0.6) is 5.75 Å². The van der Waals surface area contributed by atoms with E-state index in [-0.39, 0.29) is 5.75 Å². The van der Waals surface area contributed by atoms with Crippen molar-refractivity contribution in [1.29, 1.82) is 0 Å². The first-order chi connectivity index (χ1) is 10.1. The lowest BCUT2D eigenvalue weighted by Gasteiger charge is -2.13. The van der Waals surface area contributed by atoms with E-state index in [1.165, 1.54) is 6.07 Å². The first-order valence-corrected chi connectivity index (χ1v) is 6.46. The van der Waals surface area contributed by atoms with Crippen molar-refractivity contribution in [3.8, 4) is 5.75 Å². The maximum absolute atomic E-state index is 12.3. The molecular formula is C15H17F2N3O. The monoisotopic (exact) mass is 293 g/mol. The average Bonchev–Trinajstić information content (AvgIpc) is 2.46. The Balaban J connectivity index is 2.02. The summed E-state index contributed by atoms with van der Waals surface area (Å²) in [5.74, 6) is 1.03. The second-order valence-corrected chi connectivity index (χ2v) is 4.64. The third kappa shape index (κ3) is 4.30. The van der Waals surface area contributed by atoms with Gasteiger partial charge in [0.1, 0.15) is 11.6 Å². The lowest BCUT2D eigenvalue weighted by molar-refractivity contribution is -0.0504. The van der Waals surface area contributed by atoms with Gasteiger partial charge < -0.3 is 15.0 Å². The number of ether oxygens (including phenoxy) is 1. The molecule has 0 aliphatic rings. The second kappa shape index (κ2) is 6.88. The fraction of sp³-hybridized carbons (Fsp3) is 0.267. The molecule has 1 aromatic carbocycles. The van der Waals surface area contributed by atoms with Crippen molar-refractivity contribution < 1.29 is 13.5 Å². The van der Waals surface area contributed by atoms with Crippen LogP contribution >= 0.6 is 0 Å². The molecule has 0 amide bonds. The van der Waals surface area contributed by atoms with Gasteiger partial charge in [0.25, 0.3) is 0 Å². The van der Waals surface area contributed by atoms with Gasteiger partial charge >= 0.3 is 6.61 Å². The van der Waals surface area contributed by atoms with Gasteiger partial charge in [-0.15, -0.1) is 0 Å². The molecule has 2 rings (SSSR count). The van der Waals surface area contributed by atoms with Gasteiger partial charge in [-0.25, -0.2) is 4.98 Å². The Hall–Kier alpha value is -2.37. The molecule has 0 unspecified atom stereocenters. The number of nitrogens with zero attached hydrogens (tertiary/aromatic N) is 2. The number of pyridine rings is 1. The highest BCUT2D eigenvalue weighted by molar-refractivity contribution is 5.49. The molecule has 0 atom stereocenters. The second-order valence-electron chi connectivity index (χ2n) is 4.64. The number of halogens is 2. The molecule has 6 heteroatoms. The normalized spacial score (nSPS) is 10.5. The molecule has 21 heavy (non-hydrogen) atoms. The van der Waals surface area contributed by atoms with Crippen LogP contribution in [0.3, 0.4) is 0 Å². The smallest absolute Gasteiger partial charge is 0.387 e. The molecule has 0 fully saturated rings. The van der Waals surface area contributed by atoms with Crippen molar-refractivity contribution >= 4 is 11.5 Å². The van der Waals surface area contributed by atoms with Crippen molar-refractivity contribution in [3.05, 3.63) is 48.2 Å². The average molecular weight is 293 g/mol. The molecule has 1 heterocycles. The van der Waals surface area contributed by atoms with Crippen LogP contribution in [0, 0.1) is 0 Å². The zero-order valence-corrected chi connectivity index (χ0v) is 11.9. The quantitative estimate of drug-likeness (QED) is 0.886. The highest BCUT2D eigenvalue weighted by Crippen LogP contribution is 2.21. The Morgan fingerprint density at radius 2 is 1.95 bits per heavy atom. The first-order valence-electron chi connectivity index (χ1n) is 6.46. The first kappa shape index (κ1) is 15.0. The lowest BCUT2D eigenvalue weighted by Crippen LogP contribution is -2.10. The van der Waals surface area contributed by atoms with E-state index in [2.05, 4.69) is 15.0 Å². The fourth-order valence-electron chi connectivity index (χ4n) is 1.81. The molecule has 0 aliphatic carbocycles. The van der Waals surface area contributed by atoms with Crippen LogP contribution in [0.25, 0.3) is 0 Å². The van der Waals surface area contributed by atoms with Crippen molar-refractivity contribution in [3.63, 3.8) is 0 Å². The Kier molecular flexibility index (Phi) is 4.92. The fourth-order valence-corrected chi connectivity index (χ4v) is 1.81. The topological polar surface area (TPSA) is 37.4 Å². The number of benzene rings is 1. The SMILES string of the molecule is CN(C)c1ccc(NCc2ccccc2OC(F)F)cn1. The maximum atomic E-state index is 12.3. The third-order valence-corrected chi connectivity index (χ3v) is 2.88. The van der Waals surface area contributed by atoms with E-state index in [4.69, 9.17) is 0 Å². The molecule has 4 nitrogen and oxygen atoms in total. The molecule has 0 spiro atoms. The predicted octanol–water partition coefficient (Wildman–Crippen LogP) is 3.36. The van der Waals surface area contributed by atoms with Crippen LogP contribution in [0.15, 0.2) is 42.6 Å².